The molecule has 0 bridgehead atoms. The molecule has 1 heteroatoms. The van der Waals surface area contributed by atoms with E-state index in [0.29, 0.717) is 0 Å². The molecule has 1 aliphatic heterocycles. The van der Waals surface area contributed by atoms with Crippen LogP contribution in [0.25, 0.3) is 0 Å². The molecule has 0 aromatic heterocycles. The summed E-state index contributed by atoms with van der Waals surface area (Å²) < 4.78 is 0. The molecular formula is C9H16N-. The summed E-state index contributed by atoms with van der Waals surface area (Å²) in [5, 5.41) is 0. The van der Waals surface area contributed by atoms with Crippen LogP contribution in [0, 0.1) is 12.5 Å². The van der Waals surface area contributed by atoms with E-state index in [9.17, 15) is 0 Å². The lowest BCUT2D eigenvalue weighted by molar-refractivity contribution is 0.0406. The molecule has 1 heterocycles. The molecular weight excluding hydrogens is 122 g/mol. The van der Waals surface area contributed by atoms with Gasteiger partial charge >= 0.3 is 0 Å². The van der Waals surface area contributed by atoms with Gasteiger partial charge in [-0.2, -0.15) is 0 Å². The van der Waals surface area contributed by atoms with Crippen LogP contribution in [-0.2, 0) is 0 Å². The van der Waals surface area contributed by atoms with Gasteiger partial charge < -0.3 is 4.90 Å². The van der Waals surface area contributed by atoms with Gasteiger partial charge in [0.05, 0.1) is 0 Å². The van der Waals surface area contributed by atoms with Crippen LogP contribution in [0.4, 0.5) is 0 Å². The van der Waals surface area contributed by atoms with Crippen molar-refractivity contribution in [1.29, 1.82) is 0 Å². The Morgan fingerprint density at radius 3 is 2.20 bits per heavy atom. The molecule has 1 saturated carbocycles. The van der Waals surface area contributed by atoms with E-state index in [2.05, 4.69) is 11.9 Å². The zero-order chi connectivity index (χ0) is 7.03. The molecule has 1 aliphatic carbocycles. The maximum Gasteiger partial charge on any atom is -0.0194 e. The average Bonchev–Trinajstić information content (AvgIpc) is 1.85. The number of nitrogens with zero attached hydrogens (tertiary/aromatic N) is 1. The summed E-state index contributed by atoms with van der Waals surface area (Å²) in [6, 6.07) is 0. The molecule has 10 heavy (non-hydrogen) atoms. The molecule has 1 nitrogen and oxygen atoms in total. The zero-order valence-corrected chi connectivity index (χ0v) is 6.60. The molecule has 1 saturated heterocycles. The highest BCUT2D eigenvalue weighted by atomic mass is 15.1. The van der Waals surface area contributed by atoms with Crippen molar-refractivity contribution in [2.24, 2.45) is 5.41 Å². The molecule has 0 amide bonds. The molecule has 2 rings (SSSR count). The molecule has 0 N–H and O–H groups in total. The number of hydrogen-bond donors (Lipinski definition) is 0. The quantitative estimate of drug-likeness (QED) is 0.463. The minimum atomic E-state index is 0.736. The number of piperidine rings is 1. The van der Waals surface area contributed by atoms with Gasteiger partial charge in [-0.05, 0) is 44.2 Å². The van der Waals surface area contributed by atoms with Gasteiger partial charge in [0, 0.05) is 0 Å². The van der Waals surface area contributed by atoms with Crippen molar-refractivity contribution in [3.05, 3.63) is 7.05 Å². The largest absolute Gasteiger partial charge is 0.459 e. The van der Waals surface area contributed by atoms with E-state index in [0.717, 1.165) is 5.41 Å². The first-order valence-corrected chi connectivity index (χ1v) is 4.36. The summed E-state index contributed by atoms with van der Waals surface area (Å²) in [5.41, 5.74) is 0.736. The molecule has 2 fully saturated rings. The second-order valence-corrected chi connectivity index (χ2v) is 4.01. The van der Waals surface area contributed by atoms with Crippen LogP contribution in [-0.4, -0.2) is 18.0 Å². The fourth-order valence-electron chi connectivity index (χ4n) is 2.40. The minimum Gasteiger partial charge on any atom is -0.459 e. The van der Waals surface area contributed by atoms with E-state index in [1.165, 1.54) is 45.2 Å². The fraction of sp³-hybridized carbons (Fsp3) is 0.889. The van der Waals surface area contributed by atoms with Gasteiger partial charge in [0.25, 0.3) is 0 Å². The summed E-state index contributed by atoms with van der Waals surface area (Å²) in [4.78, 5) is 2.25. The van der Waals surface area contributed by atoms with E-state index >= 15 is 0 Å². The smallest absolute Gasteiger partial charge is 0.0194 e. The topological polar surface area (TPSA) is 3.24 Å². The van der Waals surface area contributed by atoms with Gasteiger partial charge in [-0.3, -0.25) is 7.05 Å². The van der Waals surface area contributed by atoms with Gasteiger partial charge in [-0.25, -0.2) is 0 Å². The second kappa shape index (κ2) is 2.23. The van der Waals surface area contributed by atoms with E-state index in [1.54, 1.807) is 0 Å². The van der Waals surface area contributed by atoms with Gasteiger partial charge in [-0.15, -0.1) is 0 Å². The summed E-state index contributed by atoms with van der Waals surface area (Å²) in [5.74, 6) is 0. The number of likely N-dealkylation sites (tertiary alicyclic amines) is 1. The first-order valence-electron chi connectivity index (χ1n) is 4.36. The summed E-state index contributed by atoms with van der Waals surface area (Å²) in [6.07, 6.45) is 7.26. The lowest BCUT2D eigenvalue weighted by Gasteiger charge is -2.51. The first kappa shape index (κ1) is 6.66. The van der Waals surface area contributed by atoms with E-state index < -0.39 is 0 Å². The van der Waals surface area contributed by atoms with Gasteiger partial charge in [0.15, 0.2) is 0 Å². The third-order valence-electron chi connectivity index (χ3n) is 3.15. The third kappa shape index (κ3) is 0.968. The van der Waals surface area contributed by atoms with E-state index in [4.69, 9.17) is 0 Å². The van der Waals surface area contributed by atoms with Crippen LogP contribution in [0.15, 0.2) is 0 Å². The van der Waals surface area contributed by atoms with Crippen LogP contribution < -0.4 is 0 Å². The SMILES string of the molecule is [CH2-]N1CCCC2(CCC2)C1. The molecule has 0 unspecified atom stereocenters. The fourth-order valence-corrected chi connectivity index (χ4v) is 2.40. The summed E-state index contributed by atoms with van der Waals surface area (Å²) in [6.45, 7) is 2.49. The average molecular weight is 138 g/mol. The van der Waals surface area contributed by atoms with Gasteiger partial charge in [-0.1, -0.05) is 6.42 Å². The van der Waals surface area contributed by atoms with Gasteiger partial charge in [0.1, 0.15) is 0 Å². The second-order valence-electron chi connectivity index (χ2n) is 4.01. The lowest BCUT2D eigenvalue weighted by Crippen LogP contribution is -2.44. The van der Waals surface area contributed by atoms with Crippen LogP contribution in [0.5, 0.6) is 0 Å². The van der Waals surface area contributed by atoms with Crippen LogP contribution >= 0.6 is 0 Å². The van der Waals surface area contributed by atoms with Crippen molar-refractivity contribution in [1.82, 2.24) is 4.90 Å². The van der Waals surface area contributed by atoms with Crippen LogP contribution in [0.2, 0.25) is 0 Å². The molecule has 0 radical (unpaired) electrons. The molecule has 0 aromatic rings. The van der Waals surface area contributed by atoms with Crippen LogP contribution in [0.1, 0.15) is 32.1 Å². The van der Waals surface area contributed by atoms with Crippen molar-refractivity contribution in [3.8, 4) is 0 Å². The normalized spacial score (nSPS) is 32.1. The Labute approximate surface area is 63.4 Å². The summed E-state index contributed by atoms with van der Waals surface area (Å²) in [7, 11) is 4.01. The highest BCUT2D eigenvalue weighted by Gasteiger charge is 2.37. The Morgan fingerprint density at radius 1 is 1.10 bits per heavy atom. The maximum atomic E-state index is 4.01. The van der Waals surface area contributed by atoms with E-state index in [-0.39, 0.29) is 0 Å². The standard InChI is InChI=1S/C9H16N/c1-10-7-3-6-9(8-10)4-2-5-9/h1-8H2/q-1. The highest BCUT2D eigenvalue weighted by Crippen LogP contribution is 2.47. The zero-order valence-electron chi connectivity index (χ0n) is 6.60. The van der Waals surface area contributed by atoms with Crippen molar-refractivity contribution in [2.45, 2.75) is 32.1 Å². The molecule has 0 atom stereocenters. The first-order chi connectivity index (χ1) is 4.81. The maximum absolute atomic E-state index is 4.01. The van der Waals surface area contributed by atoms with Crippen molar-refractivity contribution in [3.63, 3.8) is 0 Å². The Bertz CT molecular complexity index is 127. The monoisotopic (exact) mass is 138 g/mol. The lowest BCUT2D eigenvalue weighted by atomic mass is 9.64. The van der Waals surface area contributed by atoms with Crippen molar-refractivity contribution >= 4 is 0 Å². The predicted octanol–water partition coefficient (Wildman–Crippen LogP) is 2.04. The minimum absolute atomic E-state index is 0.736. The van der Waals surface area contributed by atoms with Crippen molar-refractivity contribution in [2.75, 3.05) is 13.1 Å². The number of hydrogen-bond acceptors (Lipinski definition) is 1. The molecule has 1 spiro atoms. The third-order valence-corrected chi connectivity index (χ3v) is 3.15. The number of rotatable bonds is 0. The Morgan fingerprint density at radius 2 is 1.80 bits per heavy atom. The van der Waals surface area contributed by atoms with Crippen LogP contribution in [0.3, 0.4) is 0 Å². The van der Waals surface area contributed by atoms with Gasteiger partial charge in [0.2, 0.25) is 0 Å². The predicted molar refractivity (Wildman–Crippen MR) is 42.4 cm³/mol. The highest BCUT2D eigenvalue weighted by molar-refractivity contribution is 4.92. The van der Waals surface area contributed by atoms with E-state index in [1.807, 2.05) is 0 Å². The molecule has 2 aliphatic rings. The Kier molecular flexibility index (Phi) is 1.48. The van der Waals surface area contributed by atoms with Crippen molar-refractivity contribution < 1.29 is 0 Å². The Hall–Kier alpha value is -0.0400. The summed E-state index contributed by atoms with van der Waals surface area (Å²) >= 11 is 0. The molecule has 58 valence electrons. The molecule has 0 aromatic carbocycles. The Balaban J connectivity index is 1.96.